The Morgan fingerprint density at radius 2 is 1.86 bits per heavy atom. The first kappa shape index (κ1) is 16.0. The summed E-state index contributed by atoms with van der Waals surface area (Å²) in [5.41, 5.74) is 1.93. The van der Waals surface area contributed by atoms with Crippen LogP contribution in [0.5, 0.6) is 5.88 Å². The Labute approximate surface area is 134 Å². The first-order valence-corrected chi connectivity index (χ1v) is 7.42. The molecular formula is C15H17Cl2N3O. The highest BCUT2D eigenvalue weighted by Gasteiger charge is 2.14. The van der Waals surface area contributed by atoms with E-state index in [9.17, 15) is 0 Å². The molecule has 0 radical (unpaired) electrons. The number of rotatable bonds is 6. The van der Waals surface area contributed by atoms with Crippen LogP contribution in [-0.4, -0.2) is 23.6 Å². The van der Waals surface area contributed by atoms with Gasteiger partial charge in [0.1, 0.15) is 6.33 Å². The van der Waals surface area contributed by atoms with E-state index in [1.54, 1.807) is 13.2 Å². The van der Waals surface area contributed by atoms with Gasteiger partial charge in [-0.05, 0) is 30.3 Å². The topological polar surface area (TPSA) is 47.0 Å². The van der Waals surface area contributed by atoms with Crippen LogP contribution in [0, 0.1) is 0 Å². The van der Waals surface area contributed by atoms with Gasteiger partial charge < -0.3 is 10.1 Å². The van der Waals surface area contributed by atoms with Crippen molar-refractivity contribution in [2.75, 3.05) is 13.7 Å². The van der Waals surface area contributed by atoms with E-state index in [4.69, 9.17) is 27.9 Å². The van der Waals surface area contributed by atoms with Gasteiger partial charge in [0, 0.05) is 34.3 Å². The van der Waals surface area contributed by atoms with E-state index < -0.39 is 0 Å². The van der Waals surface area contributed by atoms with Gasteiger partial charge in [-0.3, -0.25) is 0 Å². The highest BCUT2D eigenvalue weighted by Crippen LogP contribution is 2.25. The molecule has 4 nitrogen and oxygen atoms in total. The zero-order valence-electron chi connectivity index (χ0n) is 11.9. The fraction of sp³-hybridized carbons (Fsp3) is 0.333. The first-order chi connectivity index (χ1) is 10.1. The highest BCUT2D eigenvalue weighted by molar-refractivity contribution is 6.34. The summed E-state index contributed by atoms with van der Waals surface area (Å²) < 4.78 is 5.13. The lowest BCUT2D eigenvalue weighted by molar-refractivity contribution is 0.395. The summed E-state index contributed by atoms with van der Waals surface area (Å²) in [6.45, 7) is 2.89. The van der Waals surface area contributed by atoms with Crippen molar-refractivity contribution in [3.8, 4) is 5.88 Å². The smallest absolute Gasteiger partial charge is 0.216 e. The number of likely N-dealkylation sites (N-methyl/N-ethyl adjacent to an activating group) is 1. The molecule has 112 valence electrons. The van der Waals surface area contributed by atoms with Crippen molar-refractivity contribution in [3.05, 3.63) is 51.9 Å². The van der Waals surface area contributed by atoms with Gasteiger partial charge in [0.2, 0.25) is 5.88 Å². The molecule has 21 heavy (non-hydrogen) atoms. The minimum Gasteiger partial charge on any atom is -0.481 e. The summed E-state index contributed by atoms with van der Waals surface area (Å²) in [7, 11) is 1.59. The number of nitrogens with one attached hydrogen (secondary N) is 1. The molecule has 6 heteroatoms. The molecule has 0 saturated carbocycles. The van der Waals surface area contributed by atoms with Crippen LogP contribution in [0.4, 0.5) is 0 Å². The molecule has 0 saturated heterocycles. The van der Waals surface area contributed by atoms with Crippen molar-refractivity contribution in [2.45, 2.75) is 19.4 Å². The van der Waals surface area contributed by atoms with Crippen molar-refractivity contribution in [1.29, 1.82) is 0 Å². The van der Waals surface area contributed by atoms with E-state index in [2.05, 4.69) is 22.2 Å². The molecule has 0 aliphatic carbocycles. The third-order valence-corrected chi connectivity index (χ3v) is 3.50. The number of hydrogen-bond donors (Lipinski definition) is 1. The molecule has 1 N–H and O–H groups in total. The van der Waals surface area contributed by atoms with Gasteiger partial charge in [0.15, 0.2) is 0 Å². The van der Waals surface area contributed by atoms with E-state index in [-0.39, 0.29) is 6.04 Å². The Hall–Kier alpha value is -1.36. The Morgan fingerprint density at radius 3 is 2.48 bits per heavy atom. The molecule has 1 unspecified atom stereocenters. The predicted octanol–water partition coefficient (Wildman–Crippen LogP) is 3.69. The average Bonchev–Trinajstić information content (AvgIpc) is 2.46. The van der Waals surface area contributed by atoms with Crippen LogP contribution in [0.2, 0.25) is 10.0 Å². The van der Waals surface area contributed by atoms with Crippen LogP contribution in [0.15, 0.2) is 30.6 Å². The monoisotopic (exact) mass is 325 g/mol. The summed E-state index contributed by atoms with van der Waals surface area (Å²) in [5, 5.41) is 4.67. The third kappa shape index (κ3) is 4.56. The van der Waals surface area contributed by atoms with Crippen molar-refractivity contribution in [2.24, 2.45) is 0 Å². The molecule has 2 rings (SSSR count). The minimum absolute atomic E-state index is 0.0748. The number of nitrogens with zero attached hydrogens (tertiary/aromatic N) is 2. The Balaban J connectivity index is 2.25. The van der Waals surface area contributed by atoms with Crippen molar-refractivity contribution >= 4 is 23.2 Å². The number of ether oxygens (including phenoxy) is 1. The van der Waals surface area contributed by atoms with Gasteiger partial charge in [-0.1, -0.05) is 30.1 Å². The van der Waals surface area contributed by atoms with Crippen molar-refractivity contribution in [1.82, 2.24) is 15.3 Å². The number of benzene rings is 1. The second kappa shape index (κ2) is 7.59. The Morgan fingerprint density at radius 1 is 1.14 bits per heavy atom. The summed E-state index contributed by atoms with van der Waals surface area (Å²) in [5.74, 6) is 0.555. The normalized spacial score (nSPS) is 12.2. The van der Waals surface area contributed by atoms with Crippen LogP contribution >= 0.6 is 23.2 Å². The molecule has 0 aliphatic heterocycles. The minimum atomic E-state index is 0.0748. The van der Waals surface area contributed by atoms with Gasteiger partial charge in [-0.15, -0.1) is 0 Å². The summed E-state index contributed by atoms with van der Waals surface area (Å²) in [6, 6.07) is 7.46. The zero-order chi connectivity index (χ0) is 15.2. The molecule has 0 fully saturated rings. The number of hydrogen-bond acceptors (Lipinski definition) is 4. The molecule has 0 bridgehead atoms. The van der Waals surface area contributed by atoms with E-state index >= 15 is 0 Å². The van der Waals surface area contributed by atoms with Gasteiger partial charge in [0.05, 0.1) is 7.11 Å². The Bertz CT molecular complexity index is 587. The lowest BCUT2D eigenvalue weighted by Gasteiger charge is -2.19. The molecule has 0 amide bonds. The summed E-state index contributed by atoms with van der Waals surface area (Å²) in [6.07, 6.45) is 2.20. The van der Waals surface area contributed by atoms with Gasteiger partial charge in [-0.25, -0.2) is 9.97 Å². The molecule has 1 aromatic heterocycles. The van der Waals surface area contributed by atoms with Crippen LogP contribution < -0.4 is 10.1 Å². The summed E-state index contributed by atoms with van der Waals surface area (Å²) in [4.78, 5) is 8.30. The van der Waals surface area contributed by atoms with Crippen molar-refractivity contribution in [3.63, 3.8) is 0 Å². The van der Waals surface area contributed by atoms with Crippen LogP contribution in [0.3, 0.4) is 0 Å². The molecule has 1 aromatic carbocycles. The zero-order valence-corrected chi connectivity index (χ0v) is 13.4. The molecule has 0 aliphatic rings. The van der Waals surface area contributed by atoms with Crippen molar-refractivity contribution < 1.29 is 4.74 Å². The van der Waals surface area contributed by atoms with Crippen LogP contribution in [-0.2, 0) is 6.42 Å². The van der Waals surface area contributed by atoms with E-state index in [1.807, 2.05) is 18.2 Å². The van der Waals surface area contributed by atoms with Gasteiger partial charge >= 0.3 is 0 Å². The number of halogens is 2. The molecule has 1 heterocycles. The molecule has 1 atom stereocenters. The summed E-state index contributed by atoms with van der Waals surface area (Å²) >= 11 is 12.2. The largest absolute Gasteiger partial charge is 0.481 e. The van der Waals surface area contributed by atoms with E-state index in [0.717, 1.165) is 17.8 Å². The molecule has 0 spiro atoms. The van der Waals surface area contributed by atoms with E-state index in [1.165, 1.54) is 6.33 Å². The fourth-order valence-corrected chi connectivity index (χ4v) is 2.68. The first-order valence-electron chi connectivity index (χ1n) is 6.66. The SMILES string of the molecule is CCNC(Cc1cc(OC)ncn1)c1cc(Cl)cc(Cl)c1. The third-order valence-electron chi connectivity index (χ3n) is 3.06. The maximum absolute atomic E-state index is 6.09. The second-order valence-electron chi connectivity index (χ2n) is 4.57. The quantitative estimate of drug-likeness (QED) is 0.879. The average molecular weight is 326 g/mol. The number of methoxy groups -OCH3 is 1. The maximum atomic E-state index is 6.09. The van der Waals surface area contributed by atoms with Crippen LogP contribution in [0.1, 0.15) is 24.2 Å². The van der Waals surface area contributed by atoms with Crippen LogP contribution in [0.25, 0.3) is 0 Å². The number of aromatic nitrogens is 2. The maximum Gasteiger partial charge on any atom is 0.216 e. The molecule has 2 aromatic rings. The fourth-order valence-electron chi connectivity index (χ4n) is 2.14. The lowest BCUT2D eigenvalue weighted by Crippen LogP contribution is -2.23. The molecular weight excluding hydrogens is 309 g/mol. The van der Waals surface area contributed by atoms with E-state index in [0.29, 0.717) is 22.3 Å². The van der Waals surface area contributed by atoms with Gasteiger partial charge in [0.25, 0.3) is 0 Å². The predicted molar refractivity (Wildman–Crippen MR) is 85.2 cm³/mol. The highest BCUT2D eigenvalue weighted by atomic mass is 35.5. The standard InChI is InChI=1S/C15H17Cl2N3O/c1-3-18-14(10-4-11(16)6-12(17)5-10)7-13-8-15(21-2)20-9-19-13/h4-6,8-9,14,18H,3,7H2,1-2H3. The Kier molecular flexibility index (Phi) is 5.79. The lowest BCUT2D eigenvalue weighted by atomic mass is 10.0. The second-order valence-corrected chi connectivity index (χ2v) is 5.44. The van der Waals surface area contributed by atoms with Gasteiger partial charge in [-0.2, -0.15) is 0 Å².